The molecular weight excluding hydrogens is 778 g/mol. The fourth-order valence-electron chi connectivity index (χ4n) is 10.1. The Kier molecular flexibility index (Phi) is 13.4. The predicted octanol–water partition coefficient (Wildman–Crippen LogP) is 9.56. The predicted molar refractivity (Wildman–Crippen MR) is 233 cm³/mol. The molecular formula is C49H58ClN3O7. The molecule has 3 aliphatic carbocycles. The zero-order valence-electron chi connectivity index (χ0n) is 34.9. The normalized spacial score (nSPS) is 23.4. The molecule has 1 amide bonds. The molecule has 318 valence electrons. The molecule has 11 heteroatoms. The number of aryl methyl sites for hydroxylation is 1. The number of halogens is 1. The van der Waals surface area contributed by atoms with Crippen LogP contribution < -0.4 is 20.1 Å². The number of anilines is 1. The van der Waals surface area contributed by atoms with Gasteiger partial charge in [0, 0.05) is 41.0 Å². The minimum atomic E-state index is -1.14. The highest BCUT2D eigenvalue weighted by Crippen LogP contribution is 2.57. The average molecular weight is 836 g/mol. The molecule has 0 aliphatic heterocycles. The van der Waals surface area contributed by atoms with Crippen LogP contribution in [0.4, 0.5) is 5.69 Å². The van der Waals surface area contributed by atoms with Crippen LogP contribution in [0.15, 0.2) is 85.1 Å². The van der Waals surface area contributed by atoms with Crippen LogP contribution in [0.5, 0.6) is 11.5 Å². The van der Waals surface area contributed by atoms with Crippen molar-refractivity contribution in [2.24, 2.45) is 11.8 Å². The first kappa shape index (κ1) is 43.0. The third kappa shape index (κ3) is 9.75. The number of hydrogen-bond acceptors (Lipinski definition) is 7. The smallest absolute Gasteiger partial charge is 0.329 e. The van der Waals surface area contributed by atoms with Crippen LogP contribution in [0.1, 0.15) is 112 Å². The number of fused-ring (bicyclic) bond motifs is 3. The van der Waals surface area contributed by atoms with Gasteiger partial charge < -0.3 is 30.3 Å². The number of aliphatic carboxylic acids is 2. The maximum absolute atomic E-state index is 13.1. The zero-order chi connectivity index (χ0) is 42.4. The van der Waals surface area contributed by atoms with Crippen molar-refractivity contribution in [1.29, 1.82) is 0 Å². The van der Waals surface area contributed by atoms with Gasteiger partial charge in [-0.05, 0) is 147 Å². The number of ether oxygens (including phenoxy) is 2. The van der Waals surface area contributed by atoms with Gasteiger partial charge in [-0.1, -0.05) is 67.9 Å². The van der Waals surface area contributed by atoms with Gasteiger partial charge in [-0.2, -0.15) is 0 Å². The molecule has 0 bridgehead atoms. The van der Waals surface area contributed by atoms with Crippen molar-refractivity contribution in [3.63, 3.8) is 0 Å². The second-order valence-corrected chi connectivity index (χ2v) is 18.1. The highest BCUT2D eigenvalue weighted by Gasteiger charge is 2.54. The number of carboxylic acids is 2. The van der Waals surface area contributed by atoms with Crippen LogP contribution in [0, 0.1) is 11.8 Å². The summed E-state index contributed by atoms with van der Waals surface area (Å²) in [5, 5.41) is 27.1. The van der Waals surface area contributed by atoms with E-state index in [0.29, 0.717) is 61.1 Å². The number of hydrogen-bond donors (Lipinski definition) is 4. The van der Waals surface area contributed by atoms with E-state index >= 15 is 0 Å². The summed E-state index contributed by atoms with van der Waals surface area (Å²) in [5.74, 6) is 0.303. The van der Waals surface area contributed by atoms with E-state index in [1.165, 1.54) is 16.7 Å². The van der Waals surface area contributed by atoms with Crippen LogP contribution in [0.2, 0.25) is 5.02 Å². The second-order valence-electron chi connectivity index (χ2n) is 17.6. The monoisotopic (exact) mass is 835 g/mol. The molecule has 1 fully saturated rings. The highest BCUT2D eigenvalue weighted by atomic mass is 35.5. The molecule has 4 N–H and O–H groups in total. The van der Waals surface area contributed by atoms with Crippen LogP contribution in [-0.4, -0.2) is 57.3 Å². The molecule has 60 heavy (non-hydrogen) atoms. The maximum atomic E-state index is 13.1. The third-order valence-corrected chi connectivity index (χ3v) is 13.5. The number of rotatable bonds is 17. The Morgan fingerprint density at radius 3 is 2.48 bits per heavy atom. The van der Waals surface area contributed by atoms with Crippen LogP contribution in [0.3, 0.4) is 0 Å². The van der Waals surface area contributed by atoms with E-state index in [2.05, 4.69) is 41.6 Å². The largest absolute Gasteiger partial charge is 0.493 e. The molecule has 2 unspecified atom stereocenters. The Bertz CT molecular complexity index is 2150. The van der Waals surface area contributed by atoms with Gasteiger partial charge in [0.1, 0.15) is 23.1 Å². The zero-order valence-corrected chi connectivity index (χ0v) is 35.7. The Labute approximate surface area is 358 Å². The lowest BCUT2D eigenvalue weighted by molar-refractivity contribution is -0.144. The van der Waals surface area contributed by atoms with E-state index in [1.54, 1.807) is 12.1 Å². The SMILES string of the molecule is CC(CCC(=O)N[C@H](Cc1ccccc1)C(=O)O)Oc1ccc2c(c1)C1(CCC(Nc3cccc(Cl)c3)(C(=O)O)CC1)C(C[C@@H](C)COc1ccnc3c1[C@H](C)CCC3)C2. The van der Waals surface area contributed by atoms with Gasteiger partial charge >= 0.3 is 11.9 Å². The number of benzene rings is 3. The summed E-state index contributed by atoms with van der Waals surface area (Å²) in [5.41, 5.74) is 5.00. The van der Waals surface area contributed by atoms with Crippen molar-refractivity contribution < 1.29 is 34.1 Å². The number of pyridine rings is 1. The van der Waals surface area contributed by atoms with Crippen molar-refractivity contribution in [3.8, 4) is 11.5 Å². The van der Waals surface area contributed by atoms with Gasteiger partial charge in [0.2, 0.25) is 5.91 Å². The van der Waals surface area contributed by atoms with Gasteiger partial charge in [-0.25, -0.2) is 9.59 Å². The first-order chi connectivity index (χ1) is 28.8. The summed E-state index contributed by atoms with van der Waals surface area (Å²) in [7, 11) is 0. The quantitative estimate of drug-likeness (QED) is 0.0817. The van der Waals surface area contributed by atoms with Gasteiger partial charge in [-0.3, -0.25) is 9.78 Å². The standard InChI is InChI=1S/C49H58ClN3O7/c1-31(30-59-43-19-24-51-41-14-7-9-32(2)45(41)43)25-36-27-35-16-17-39(60-33(3)15-18-44(54)52-42(46(55)56)26-34-10-5-4-6-11-34)29-40(35)48(36)20-22-49(23-21-48,47(57)58)53-38-13-8-12-37(50)28-38/h4-6,8,10-13,16-17,19,24,28-29,31-33,36,42,53H,7,9,14-15,18,20-23,25-27,30H2,1-3H3,(H,52,54)(H,55,56)(H,57,58)/t31-,32-,33?,36?,42-,48?,49?/m1/s1. The number of nitrogens with zero attached hydrogens (tertiary/aromatic N) is 1. The lowest BCUT2D eigenvalue weighted by atomic mass is 9.59. The van der Waals surface area contributed by atoms with Crippen molar-refractivity contribution >= 4 is 35.1 Å². The van der Waals surface area contributed by atoms with E-state index in [1.807, 2.05) is 67.7 Å². The number of carbonyl (C=O) groups excluding carboxylic acids is 1. The number of carboxylic acid groups (broad SMARTS) is 2. The van der Waals surface area contributed by atoms with Gasteiger partial charge in [0.25, 0.3) is 0 Å². The first-order valence-corrected chi connectivity index (χ1v) is 22.0. The van der Waals surface area contributed by atoms with E-state index in [-0.39, 0.29) is 42.1 Å². The van der Waals surface area contributed by atoms with Crippen LogP contribution in [-0.2, 0) is 39.1 Å². The molecule has 1 saturated carbocycles. The summed E-state index contributed by atoms with van der Waals surface area (Å²) >= 11 is 6.31. The van der Waals surface area contributed by atoms with Crippen LogP contribution in [0.25, 0.3) is 0 Å². The Morgan fingerprint density at radius 2 is 1.75 bits per heavy atom. The summed E-state index contributed by atoms with van der Waals surface area (Å²) in [6, 6.07) is 23.8. The molecule has 1 aromatic heterocycles. The summed E-state index contributed by atoms with van der Waals surface area (Å²) in [4.78, 5) is 42.6. The Morgan fingerprint density at radius 1 is 0.967 bits per heavy atom. The van der Waals surface area contributed by atoms with E-state index < -0.39 is 23.5 Å². The molecule has 10 nitrogen and oxygen atoms in total. The molecule has 1 heterocycles. The fraction of sp³-hybridized carbons (Fsp3) is 0.469. The van der Waals surface area contributed by atoms with Crippen molar-refractivity contribution in [3.05, 3.63) is 118 Å². The third-order valence-electron chi connectivity index (χ3n) is 13.3. The second kappa shape index (κ2) is 18.7. The Hall–Kier alpha value is -5.09. The molecule has 1 spiro atoms. The summed E-state index contributed by atoms with van der Waals surface area (Å²) in [6.45, 7) is 7.02. The van der Waals surface area contributed by atoms with Crippen molar-refractivity contribution in [1.82, 2.24) is 10.3 Å². The molecule has 3 aliphatic rings. The molecule has 7 rings (SSSR count). The molecule has 3 aromatic carbocycles. The minimum Gasteiger partial charge on any atom is -0.493 e. The lowest BCUT2D eigenvalue weighted by Crippen LogP contribution is -2.53. The molecule has 0 saturated heterocycles. The topological polar surface area (TPSA) is 147 Å². The molecule has 4 aromatic rings. The average Bonchev–Trinajstić information content (AvgIpc) is 3.51. The van der Waals surface area contributed by atoms with Gasteiger partial charge in [-0.15, -0.1) is 0 Å². The Balaban J connectivity index is 1.06. The lowest BCUT2D eigenvalue weighted by Gasteiger charge is -2.47. The van der Waals surface area contributed by atoms with E-state index in [9.17, 15) is 24.6 Å². The maximum Gasteiger partial charge on any atom is 0.329 e. The van der Waals surface area contributed by atoms with Gasteiger partial charge in [0.15, 0.2) is 0 Å². The van der Waals surface area contributed by atoms with E-state index in [0.717, 1.165) is 49.1 Å². The number of aromatic nitrogens is 1. The van der Waals surface area contributed by atoms with E-state index in [4.69, 9.17) is 21.1 Å². The van der Waals surface area contributed by atoms with Crippen molar-refractivity contribution in [2.75, 3.05) is 11.9 Å². The molecule has 0 radical (unpaired) electrons. The minimum absolute atomic E-state index is 0.120. The molecule has 5 atom stereocenters. The van der Waals surface area contributed by atoms with Crippen LogP contribution >= 0.6 is 11.6 Å². The number of amides is 1. The summed E-state index contributed by atoms with van der Waals surface area (Å²) < 4.78 is 13.0. The first-order valence-electron chi connectivity index (χ1n) is 21.6. The fourth-order valence-corrected chi connectivity index (χ4v) is 10.3. The number of nitrogens with one attached hydrogen (secondary N) is 2. The summed E-state index contributed by atoms with van der Waals surface area (Å²) in [6.07, 6.45) is 9.60. The van der Waals surface area contributed by atoms with Crippen molar-refractivity contribution in [2.45, 2.75) is 127 Å². The highest BCUT2D eigenvalue weighted by molar-refractivity contribution is 6.30. The number of carbonyl (C=O) groups is 3. The van der Waals surface area contributed by atoms with Gasteiger partial charge in [0.05, 0.1) is 12.7 Å².